The van der Waals surface area contributed by atoms with Crippen LogP contribution in [-0.4, -0.2) is 29.3 Å². The fourth-order valence-corrected chi connectivity index (χ4v) is 2.74. The Balaban J connectivity index is 1.83. The van der Waals surface area contributed by atoms with Gasteiger partial charge in [0, 0.05) is 6.54 Å². The highest BCUT2D eigenvalue weighted by molar-refractivity contribution is 5.95. The summed E-state index contributed by atoms with van der Waals surface area (Å²) in [6.45, 7) is 2.70. The summed E-state index contributed by atoms with van der Waals surface area (Å²) in [5.41, 5.74) is 2.27. The molecule has 1 N–H and O–H groups in total. The second kappa shape index (κ2) is 4.68. The van der Waals surface area contributed by atoms with E-state index >= 15 is 0 Å². The Bertz CT molecular complexity index is 523. The molecule has 1 atom stereocenters. The summed E-state index contributed by atoms with van der Waals surface area (Å²) in [5.74, 6) is 0.391. The maximum atomic E-state index is 12.1. The number of benzene rings is 1. The van der Waals surface area contributed by atoms with Crippen LogP contribution in [0, 0.1) is 12.8 Å². The lowest BCUT2D eigenvalue weighted by molar-refractivity contribution is -0.147. The molecule has 0 radical (unpaired) electrons. The number of amides is 2. The highest BCUT2D eigenvalue weighted by Gasteiger charge is 2.44. The molecule has 2 amide bonds. The van der Waals surface area contributed by atoms with E-state index in [0.29, 0.717) is 12.5 Å². The number of hydrogen-bond acceptors (Lipinski definition) is 2. The van der Waals surface area contributed by atoms with Crippen LogP contribution in [0.2, 0.25) is 0 Å². The van der Waals surface area contributed by atoms with E-state index in [2.05, 4.69) is 11.4 Å². The van der Waals surface area contributed by atoms with Crippen LogP contribution in [0.1, 0.15) is 24.0 Å². The lowest BCUT2D eigenvalue weighted by Crippen LogP contribution is -2.58. The molecule has 100 valence electrons. The summed E-state index contributed by atoms with van der Waals surface area (Å²) in [5, 5.41) is 2.70. The van der Waals surface area contributed by atoms with Gasteiger partial charge in [0.2, 0.25) is 11.8 Å². The largest absolute Gasteiger partial charge is 0.345 e. The van der Waals surface area contributed by atoms with Crippen molar-refractivity contribution in [3.05, 3.63) is 35.4 Å². The van der Waals surface area contributed by atoms with Gasteiger partial charge in [0.15, 0.2) is 0 Å². The summed E-state index contributed by atoms with van der Waals surface area (Å²) in [4.78, 5) is 25.8. The highest BCUT2D eigenvalue weighted by Crippen LogP contribution is 2.37. The molecule has 1 aliphatic heterocycles. The second-order valence-corrected chi connectivity index (χ2v) is 5.51. The molecule has 19 heavy (non-hydrogen) atoms. The molecule has 1 unspecified atom stereocenters. The number of carbonyl (C=O) groups excluding carboxylic acids is 2. The lowest BCUT2D eigenvalue weighted by Gasteiger charge is -2.35. The van der Waals surface area contributed by atoms with Crippen LogP contribution in [0.4, 0.5) is 0 Å². The van der Waals surface area contributed by atoms with Crippen molar-refractivity contribution in [2.45, 2.75) is 32.4 Å². The van der Waals surface area contributed by atoms with Gasteiger partial charge in [-0.05, 0) is 31.2 Å². The summed E-state index contributed by atoms with van der Waals surface area (Å²) >= 11 is 0. The third kappa shape index (κ3) is 2.48. The van der Waals surface area contributed by atoms with Crippen LogP contribution in [0.3, 0.4) is 0 Å². The van der Waals surface area contributed by atoms with Gasteiger partial charge in [-0.15, -0.1) is 0 Å². The Morgan fingerprint density at radius 1 is 1.32 bits per heavy atom. The van der Waals surface area contributed by atoms with Crippen molar-refractivity contribution < 1.29 is 9.59 Å². The van der Waals surface area contributed by atoms with Gasteiger partial charge in [-0.3, -0.25) is 9.59 Å². The minimum atomic E-state index is -0.262. The predicted molar refractivity (Wildman–Crippen MR) is 71.3 cm³/mol. The van der Waals surface area contributed by atoms with Crippen LogP contribution in [0.15, 0.2) is 24.3 Å². The van der Waals surface area contributed by atoms with E-state index in [9.17, 15) is 9.59 Å². The molecular weight excluding hydrogens is 240 g/mol. The fraction of sp³-hybridized carbons (Fsp3) is 0.467. The van der Waals surface area contributed by atoms with Gasteiger partial charge >= 0.3 is 0 Å². The van der Waals surface area contributed by atoms with Crippen LogP contribution < -0.4 is 5.32 Å². The normalized spacial score (nSPS) is 23.4. The molecule has 1 heterocycles. The van der Waals surface area contributed by atoms with Gasteiger partial charge < -0.3 is 10.2 Å². The maximum absolute atomic E-state index is 12.1. The molecule has 1 saturated carbocycles. The van der Waals surface area contributed by atoms with Crippen molar-refractivity contribution >= 4 is 11.8 Å². The number of nitrogens with zero attached hydrogens (tertiary/aromatic N) is 1. The van der Waals surface area contributed by atoms with E-state index < -0.39 is 0 Å². The van der Waals surface area contributed by atoms with Crippen LogP contribution >= 0.6 is 0 Å². The maximum Gasteiger partial charge on any atom is 0.243 e. The topological polar surface area (TPSA) is 49.4 Å². The summed E-state index contributed by atoms with van der Waals surface area (Å²) in [6, 6.07) is 7.85. The molecule has 1 saturated heterocycles. The monoisotopic (exact) mass is 258 g/mol. The zero-order valence-corrected chi connectivity index (χ0v) is 11.1. The smallest absolute Gasteiger partial charge is 0.243 e. The Kier molecular flexibility index (Phi) is 3.01. The minimum Gasteiger partial charge on any atom is -0.345 e. The number of aryl methyl sites for hydroxylation is 1. The quantitative estimate of drug-likeness (QED) is 0.886. The average Bonchev–Trinajstić information content (AvgIpc) is 3.18. The van der Waals surface area contributed by atoms with Gasteiger partial charge in [-0.25, -0.2) is 0 Å². The van der Waals surface area contributed by atoms with Crippen molar-refractivity contribution in [2.75, 3.05) is 6.54 Å². The molecule has 0 spiro atoms. The Morgan fingerprint density at radius 3 is 2.79 bits per heavy atom. The van der Waals surface area contributed by atoms with Gasteiger partial charge in [-0.1, -0.05) is 29.8 Å². The minimum absolute atomic E-state index is 0.00903. The standard InChI is InChI=1S/C15H18N2O2/c1-10-3-2-4-11(7-10)9-17-13(18)8-16-15(19)14(17)12-5-6-12/h2-4,7,12,14H,5-6,8-9H2,1H3,(H,16,19). The SMILES string of the molecule is Cc1cccc(CN2C(=O)CNC(=O)C2C2CC2)c1. The average molecular weight is 258 g/mol. The van der Waals surface area contributed by atoms with E-state index in [4.69, 9.17) is 0 Å². The van der Waals surface area contributed by atoms with Crippen molar-refractivity contribution in [3.8, 4) is 0 Å². The molecule has 3 rings (SSSR count). The van der Waals surface area contributed by atoms with Crippen molar-refractivity contribution in [1.82, 2.24) is 10.2 Å². The molecule has 1 aromatic rings. The highest BCUT2D eigenvalue weighted by atomic mass is 16.2. The van der Waals surface area contributed by atoms with Crippen LogP contribution in [-0.2, 0) is 16.1 Å². The first-order chi connectivity index (χ1) is 9.15. The number of nitrogens with one attached hydrogen (secondary N) is 1. The van der Waals surface area contributed by atoms with Crippen molar-refractivity contribution in [2.24, 2.45) is 5.92 Å². The van der Waals surface area contributed by atoms with Gasteiger partial charge in [0.1, 0.15) is 6.04 Å². The van der Waals surface area contributed by atoms with E-state index in [-0.39, 0.29) is 24.4 Å². The van der Waals surface area contributed by atoms with E-state index in [1.807, 2.05) is 25.1 Å². The Labute approximate surface area is 112 Å². The third-order valence-corrected chi connectivity index (χ3v) is 3.84. The first kappa shape index (κ1) is 12.2. The van der Waals surface area contributed by atoms with E-state index in [0.717, 1.165) is 18.4 Å². The first-order valence-electron chi connectivity index (χ1n) is 6.78. The molecule has 0 bridgehead atoms. The van der Waals surface area contributed by atoms with Crippen LogP contribution in [0.25, 0.3) is 0 Å². The molecule has 4 heteroatoms. The second-order valence-electron chi connectivity index (χ2n) is 5.51. The molecule has 2 aliphatic rings. The van der Waals surface area contributed by atoms with Crippen LogP contribution in [0.5, 0.6) is 0 Å². The number of hydrogen-bond donors (Lipinski definition) is 1. The molecule has 2 fully saturated rings. The van der Waals surface area contributed by atoms with Gasteiger partial charge in [-0.2, -0.15) is 0 Å². The van der Waals surface area contributed by atoms with Gasteiger partial charge in [0.05, 0.1) is 6.54 Å². The van der Waals surface area contributed by atoms with Crippen molar-refractivity contribution in [3.63, 3.8) is 0 Å². The molecule has 0 aromatic heterocycles. The predicted octanol–water partition coefficient (Wildman–Crippen LogP) is 1.23. The van der Waals surface area contributed by atoms with Gasteiger partial charge in [0.25, 0.3) is 0 Å². The fourth-order valence-electron chi connectivity index (χ4n) is 2.74. The zero-order valence-electron chi connectivity index (χ0n) is 11.1. The Hall–Kier alpha value is -1.84. The number of carbonyl (C=O) groups is 2. The summed E-state index contributed by atoms with van der Waals surface area (Å²) < 4.78 is 0. The molecule has 1 aromatic carbocycles. The zero-order chi connectivity index (χ0) is 13.4. The third-order valence-electron chi connectivity index (χ3n) is 3.84. The van der Waals surface area contributed by atoms with E-state index in [1.54, 1.807) is 4.90 Å². The number of rotatable bonds is 3. The molecule has 4 nitrogen and oxygen atoms in total. The first-order valence-corrected chi connectivity index (χ1v) is 6.78. The molecule has 1 aliphatic carbocycles. The number of piperazine rings is 1. The molecular formula is C15H18N2O2. The Morgan fingerprint density at radius 2 is 2.11 bits per heavy atom. The van der Waals surface area contributed by atoms with Crippen molar-refractivity contribution in [1.29, 1.82) is 0 Å². The summed E-state index contributed by atoms with van der Waals surface area (Å²) in [7, 11) is 0. The van der Waals surface area contributed by atoms with E-state index in [1.165, 1.54) is 5.56 Å². The summed E-state index contributed by atoms with van der Waals surface area (Å²) in [6.07, 6.45) is 2.10. The lowest BCUT2D eigenvalue weighted by atomic mass is 10.0.